The molecule has 0 spiro atoms. The van der Waals surface area contributed by atoms with E-state index in [9.17, 15) is 9.59 Å². The van der Waals surface area contributed by atoms with Gasteiger partial charge in [-0.2, -0.15) is 0 Å². The Morgan fingerprint density at radius 3 is 2.57 bits per heavy atom. The number of hydrogen-bond donors (Lipinski definition) is 2. The first kappa shape index (κ1) is 17.8. The number of carbonyl (C=O) groups is 2. The first-order valence-corrected chi connectivity index (χ1v) is 9.38. The van der Waals surface area contributed by atoms with Crippen molar-refractivity contribution in [2.24, 2.45) is 0 Å². The van der Waals surface area contributed by atoms with Gasteiger partial charge in [0.1, 0.15) is 5.54 Å². The summed E-state index contributed by atoms with van der Waals surface area (Å²) in [5, 5.41) is 5.90. The quantitative estimate of drug-likeness (QED) is 0.802. The van der Waals surface area contributed by atoms with Gasteiger partial charge in [0.05, 0.1) is 5.75 Å². The van der Waals surface area contributed by atoms with E-state index < -0.39 is 5.54 Å². The zero-order valence-electron chi connectivity index (χ0n) is 13.6. The molecule has 2 N–H and O–H groups in total. The van der Waals surface area contributed by atoms with E-state index >= 15 is 0 Å². The second-order valence-corrected chi connectivity index (χ2v) is 6.88. The molecule has 126 valence electrons. The Labute approximate surface area is 142 Å². The second-order valence-electron chi connectivity index (χ2n) is 5.90. The van der Waals surface area contributed by atoms with Crippen LogP contribution in [-0.2, 0) is 15.3 Å². The molecule has 5 nitrogen and oxygen atoms in total. The highest BCUT2D eigenvalue weighted by Crippen LogP contribution is 2.28. The van der Waals surface area contributed by atoms with Crippen LogP contribution < -0.4 is 10.6 Å². The fourth-order valence-electron chi connectivity index (χ4n) is 2.94. The summed E-state index contributed by atoms with van der Waals surface area (Å²) in [7, 11) is 0. The molecule has 0 radical (unpaired) electrons. The summed E-state index contributed by atoms with van der Waals surface area (Å²) >= 11 is 1.56. The Kier molecular flexibility index (Phi) is 6.89. The average Bonchev–Trinajstić information content (AvgIpc) is 2.57. The van der Waals surface area contributed by atoms with E-state index in [4.69, 9.17) is 0 Å². The summed E-state index contributed by atoms with van der Waals surface area (Å²) in [6.45, 7) is 2.49. The number of nitrogens with zero attached hydrogens (tertiary/aromatic N) is 1. The molecule has 0 saturated heterocycles. The summed E-state index contributed by atoms with van der Waals surface area (Å²) in [4.78, 5) is 28.7. The number of thioether (sulfide) groups is 1. The lowest BCUT2D eigenvalue weighted by molar-refractivity contribution is -0.134. The Balaban J connectivity index is 1.86. The van der Waals surface area contributed by atoms with Crippen LogP contribution in [0.5, 0.6) is 0 Å². The fraction of sp³-hybridized carbons (Fsp3) is 0.588. The first-order chi connectivity index (χ1) is 11.2. The molecule has 1 aromatic heterocycles. The minimum absolute atomic E-state index is 0.0350. The second kappa shape index (κ2) is 8.91. The monoisotopic (exact) mass is 335 g/mol. The first-order valence-electron chi connectivity index (χ1n) is 8.22. The molecule has 0 aliphatic heterocycles. The third-order valence-corrected chi connectivity index (χ3v) is 5.11. The number of carbonyl (C=O) groups excluding carboxylic acids is 2. The van der Waals surface area contributed by atoms with E-state index in [1.165, 1.54) is 0 Å². The van der Waals surface area contributed by atoms with Crippen LogP contribution in [0.15, 0.2) is 24.5 Å². The van der Waals surface area contributed by atoms with Crippen molar-refractivity contribution in [2.75, 3.05) is 12.3 Å². The predicted octanol–water partition coefficient (Wildman–Crippen LogP) is 2.27. The number of hydrogen-bond acceptors (Lipinski definition) is 4. The summed E-state index contributed by atoms with van der Waals surface area (Å²) in [6, 6.07) is 3.89. The van der Waals surface area contributed by atoms with Gasteiger partial charge in [-0.15, -0.1) is 11.8 Å². The number of pyridine rings is 1. The Bertz CT molecular complexity index is 516. The lowest BCUT2D eigenvalue weighted by atomic mass is 9.80. The van der Waals surface area contributed by atoms with Gasteiger partial charge in [-0.05, 0) is 37.5 Å². The van der Waals surface area contributed by atoms with Gasteiger partial charge in [-0.3, -0.25) is 14.6 Å². The molecule has 0 unspecified atom stereocenters. The maximum absolute atomic E-state index is 12.4. The van der Waals surface area contributed by atoms with Gasteiger partial charge in [-0.1, -0.05) is 19.3 Å². The molecule has 6 heteroatoms. The van der Waals surface area contributed by atoms with E-state index in [1.807, 2.05) is 19.1 Å². The van der Waals surface area contributed by atoms with Crippen LogP contribution >= 0.6 is 11.8 Å². The molecular formula is C17H25N3O2S. The topological polar surface area (TPSA) is 71.1 Å². The molecule has 1 aliphatic carbocycles. The lowest BCUT2D eigenvalue weighted by Gasteiger charge is -2.36. The average molecular weight is 335 g/mol. The highest BCUT2D eigenvalue weighted by Gasteiger charge is 2.40. The molecule has 1 fully saturated rings. The van der Waals surface area contributed by atoms with Crippen LogP contribution in [0.1, 0.15) is 44.6 Å². The third kappa shape index (κ3) is 5.23. The number of likely N-dealkylation sites (N-methyl/N-ethyl adjacent to an activating group) is 1. The Morgan fingerprint density at radius 2 is 1.91 bits per heavy atom. The molecule has 0 atom stereocenters. The van der Waals surface area contributed by atoms with Crippen molar-refractivity contribution in [3.05, 3.63) is 30.1 Å². The van der Waals surface area contributed by atoms with Crippen molar-refractivity contribution in [1.82, 2.24) is 15.6 Å². The van der Waals surface area contributed by atoms with Gasteiger partial charge in [0.25, 0.3) is 0 Å². The Morgan fingerprint density at radius 1 is 1.22 bits per heavy atom. The normalized spacial score (nSPS) is 16.6. The number of amides is 2. The minimum atomic E-state index is -0.706. The maximum atomic E-state index is 12.4. The van der Waals surface area contributed by atoms with Gasteiger partial charge in [0.15, 0.2) is 0 Å². The molecule has 1 aromatic rings. The summed E-state index contributed by atoms with van der Waals surface area (Å²) < 4.78 is 0. The zero-order valence-corrected chi connectivity index (χ0v) is 14.5. The molecule has 1 saturated carbocycles. The highest BCUT2D eigenvalue weighted by atomic mass is 32.2. The predicted molar refractivity (Wildman–Crippen MR) is 93.0 cm³/mol. The van der Waals surface area contributed by atoms with E-state index in [-0.39, 0.29) is 11.8 Å². The van der Waals surface area contributed by atoms with Crippen LogP contribution in [-0.4, -0.2) is 34.6 Å². The van der Waals surface area contributed by atoms with Crippen molar-refractivity contribution in [3.8, 4) is 0 Å². The van der Waals surface area contributed by atoms with Gasteiger partial charge >= 0.3 is 0 Å². The molecular weight excluding hydrogens is 310 g/mol. The fourth-order valence-corrected chi connectivity index (χ4v) is 3.73. The van der Waals surface area contributed by atoms with Gasteiger partial charge in [0.2, 0.25) is 11.8 Å². The zero-order chi connectivity index (χ0) is 16.5. The number of aromatic nitrogens is 1. The van der Waals surface area contributed by atoms with E-state index in [0.717, 1.165) is 43.4 Å². The van der Waals surface area contributed by atoms with Crippen LogP contribution in [0.2, 0.25) is 0 Å². The van der Waals surface area contributed by atoms with Gasteiger partial charge in [0, 0.05) is 24.7 Å². The van der Waals surface area contributed by atoms with Crippen LogP contribution in [0.3, 0.4) is 0 Å². The number of nitrogens with one attached hydrogen (secondary N) is 2. The Hall–Kier alpha value is -1.56. The van der Waals surface area contributed by atoms with E-state index in [1.54, 1.807) is 24.2 Å². The smallest absolute Gasteiger partial charge is 0.245 e. The van der Waals surface area contributed by atoms with Crippen molar-refractivity contribution in [1.29, 1.82) is 0 Å². The number of rotatable bonds is 7. The SMILES string of the molecule is CCNC(=O)C1(NC(=O)CSCc2ccncc2)CCCCC1. The molecule has 1 aliphatic rings. The highest BCUT2D eigenvalue weighted by molar-refractivity contribution is 7.99. The van der Waals surface area contributed by atoms with E-state index in [2.05, 4.69) is 15.6 Å². The van der Waals surface area contributed by atoms with Gasteiger partial charge < -0.3 is 10.6 Å². The van der Waals surface area contributed by atoms with Crippen molar-refractivity contribution >= 4 is 23.6 Å². The molecule has 2 rings (SSSR count). The molecule has 1 heterocycles. The largest absolute Gasteiger partial charge is 0.354 e. The maximum Gasteiger partial charge on any atom is 0.245 e. The standard InChI is InChI=1S/C17H25N3O2S/c1-2-19-16(22)17(8-4-3-5-9-17)20-15(21)13-23-12-14-6-10-18-11-7-14/h6-7,10-11H,2-5,8-9,12-13H2,1H3,(H,19,22)(H,20,21). The van der Waals surface area contributed by atoms with Crippen LogP contribution in [0.25, 0.3) is 0 Å². The lowest BCUT2D eigenvalue weighted by Crippen LogP contribution is -2.60. The molecule has 23 heavy (non-hydrogen) atoms. The summed E-state index contributed by atoms with van der Waals surface area (Å²) in [5.41, 5.74) is 0.441. The van der Waals surface area contributed by atoms with Crippen molar-refractivity contribution < 1.29 is 9.59 Å². The summed E-state index contributed by atoms with van der Waals surface area (Å²) in [5.74, 6) is 1.04. The molecule has 0 aromatic carbocycles. The third-order valence-electron chi connectivity index (χ3n) is 4.11. The minimum Gasteiger partial charge on any atom is -0.354 e. The van der Waals surface area contributed by atoms with Crippen molar-refractivity contribution in [3.63, 3.8) is 0 Å². The van der Waals surface area contributed by atoms with Crippen LogP contribution in [0, 0.1) is 0 Å². The van der Waals surface area contributed by atoms with Gasteiger partial charge in [-0.25, -0.2) is 0 Å². The van der Waals surface area contributed by atoms with Crippen molar-refractivity contribution in [2.45, 2.75) is 50.3 Å². The van der Waals surface area contributed by atoms with E-state index in [0.29, 0.717) is 12.3 Å². The van der Waals surface area contributed by atoms with Crippen LogP contribution in [0.4, 0.5) is 0 Å². The summed E-state index contributed by atoms with van der Waals surface area (Å²) in [6.07, 6.45) is 8.08. The molecule has 0 bridgehead atoms. The molecule has 2 amide bonds.